The Hall–Kier alpha value is -3.12. The SMILES string of the molecule is CC1CC1CN(CC(F)F)c1cc(-c2nnc([C@](C)(N)Cc3ccccc3)o2)cc(N(C)S(=O)(=O)C(C)C)n1. The number of benzene rings is 1. The number of aromatic nitrogens is 3. The van der Waals surface area contributed by atoms with Gasteiger partial charge in [-0.05, 0) is 63.1 Å². The molecule has 0 radical (unpaired) electrons. The Bertz CT molecular complexity index is 1380. The number of nitrogens with two attached hydrogens (primary N) is 1. The molecule has 212 valence electrons. The first kappa shape index (κ1) is 28.9. The number of nitrogens with zero attached hydrogens (tertiary/aromatic N) is 5. The van der Waals surface area contributed by atoms with Crippen LogP contribution in [0.4, 0.5) is 20.4 Å². The Kier molecular flexibility index (Phi) is 8.27. The van der Waals surface area contributed by atoms with Gasteiger partial charge in [0.1, 0.15) is 11.6 Å². The maximum absolute atomic E-state index is 13.6. The van der Waals surface area contributed by atoms with Gasteiger partial charge >= 0.3 is 0 Å². The second kappa shape index (κ2) is 11.2. The van der Waals surface area contributed by atoms with Gasteiger partial charge in [-0.3, -0.25) is 4.31 Å². The minimum atomic E-state index is -3.75. The number of anilines is 2. The zero-order valence-corrected chi connectivity index (χ0v) is 23.7. The third-order valence-corrected chi connectivity index (χ3v) is 9.23. The van der Waals surface area contributed by atoms with E-state index in [-0.39, 0.29) is 29.3 Å². The Balaban J connectivity index is 1.75. The van der Waals surface area contributed by atoms with Crippen LogP contribution in [0.2, 0.25) is 0 Å². The molecule has 1 aliphatic carbocycles. The van der Waals surface area contributed by atoms with E-state index in [2.05, 4.69) is 22.1 Å². The summed E-state index contributed by atoms with van der Waals surface area (Å²) in [5, 5.41) is 7.64. The van der Waals surface area contributed by atoms with E-state index in [4.69, 9.17) is 10.2 Å². The molecule has 2 N–H and O–H groups in total. The maximum atomic E-state index is 13.6. The van der Waals surface area contributed by atoms with Gasteiger partial charge in [-0.1, -0.05) is 37.3 Å². The predicted molar refractivity (Wildman–Crippen MR) is 147 cm³/mol. The number of rotatable bonds is 12. The summed E-state index contributed by atoms with van der Waals surface area (Å²) in [6.07, 6.45) is -1.22. The molecule has 2 heterocycles. The number of alkyl halides is 2. The zero-order valence-electron chi connectivity index (χ0n) is 22.9. The lowest BCUT2D eigenvalue weighted by atomic mass is 9.94. The standard InChI is InChI=1S/C27H36F2N6O3S/c1-17(2)39(36,37)34(5)23-12-20(13-24(31-23)35(16-22(28)29)15-21-11-18(21)3)25-32-33-26(38-25)27(4,30)14-19-9-7-6-8-10-19/h6-10,12-13,17-18,21-22H,11,14-16,30H2,1-5H3/t18?,21?,27-/m1/s1. The molecule has 1 saturated carbocycles. The summed E-state index contributed by atoms with van der Waals surface area (Å²) in [7, 11) is -2.36. The minimum absolute atomic E-state index is 0.0684. The van der Waals surface area contributed by atoms with Crippen molar-refractivity contribution < 1.29 is 21.6 Å². The van der Waals surface area contributed by atoms with Crippen molar-refractivity contribution in [1.29, 1.82) is 0 Å². The predicted octanol–water partition coefficient (Wildman–Crippen LogP) is 4.45. The van der Waals surface area contributed by atoms with Crippen molar-refractivity contribution >= 4 is 21.7 Å². The van der Waals surface area contributed by atoms with Crippen molar-refractivity contribution in [1.82, 2.24) is 15.2 Å². The van der Waals surface area contributed by atoms with Gasteiger partial charge in [0.25, 0.3) is 6.43 Å². The van der Waals surface area contributed by atoms with E-state index >= 15 is 0 Å². The molecule has 2 unspecified atom stereocenters. The number of sulfonamides is 1. The summed E-state index contributed by atoms with van der Waals surface area (Å²) in [5.74, 6) is 1.27. The molecule has 4 rings (SSSR count). The molecule has 0 amide bonds. The van der Waals surface area contributed by atoms with Crippen LogP contribution in [0.5, 0.6) is 0 Å². The van der Waals surface area contributed by atoms with Gasteiger partial charge in [0.05, 0.1) is 17.3 Å². The Morgan fingerprint density at radius 3 is 2.38 bits per heavy atom. The van der Waals surface area contributed by atoms with Gasteiger partial charge in [-0.2, -0.15) is 0 Å². The van der Waals surface area contributed by atoms with Crippen LogP contribution in [0, 0.1) is 11.8 Å². The fourth-order valence-corrected chi connectivity index (χ4v) is 5.41. The van der Waals surface area contributed by atoms with Gasteiger partial charge in [0.2, 0.25) is 21.8 Å². The smallest absolute Gasteiger partial charge is 0.255 e. The summed E-state index contributed by atoms with van der Waals surface area (Å²) in [6.45, 7) is 6.83. The van der Waals surface area contributed by atoms with E-state index in [1.54, 1.807) is 26.8 Å². The first-order valence-electron chi connectivity index (χ1n) is 13.0. The normalized spacial score (nSPS) is 18.8. The van der Waals surface area contributed by atoms with E-state index in [0.717, 1.165) is 16.3 Å². The molecule has 0 bridgehead atoms. The highest BCUT2D eigenvalue weighted by molar-refractivity contribution is 7.93. The lowest BCUT2D eigenvalue weighted by molar-refractivity contribution is 0.154. The van der Waals surface area contributed by atoms with Crippen molar-refractivity contribution in [3.05, 3.63) is 53.9 Å². The number of hydrogen-bond donors (Lipinski definition) is 1. The Labute approximate surface area is 228 Å². The van der Waals surface area contributed by atoms with Gasteiger partial charge < -0.3 is 15.1 Å². The van der Waals surface area contributed by atoms with Gasteiger partial charge in [-0.25, -0.2) is 22.2 Å². The van der Waals surface area contributed by atoms with E-state index < -0.39 is 33.8 Å². The molecular formula is C27H36F2N6O3S. The second-order valence-corrected chi connectivity index (χ2v) is 13.4. The monoisotopic (exact) mass is 562 g/mol. The molecule has 1 aliphatic rings. The number of halogens is 2. The van der Waals surface area contributed by atoms with Crippen molar-refractivity contribution in [2.75, 3.05) is 29.3 Å². The summed E-state index contributed by atoms with van der Waals surface area (Å²) in [4.78, 5) is 6.00. The molecule has 3 atom stereocenters. The maximum Gasteiger partial charge on any atom is 0.255 e. The summed E-state index contributed by atoms with van der Waals surface area (Å²) < 4.78 is 60.2. The summed E-state index contributed by atoms with van der Waals surface area (Å²) in [6, 6.07) is 12.7. The highest BCUT2D eigenvalue weighted by atomic mass is 32.2. The second-order valence-electron chi connectivity index (χ2n) is 10.9. The molecule has 0 spiro atoms. The molecule has 0 saturated heterocycles. The van der Waals surface area contributed by atoms with E-state index in [1.807, 2.05) is 30.3 Å². The van der Waals surface area contributed by atoms with Crippen molar-refractivity contribution in [3.8, 4) is 11.5 Å². The molecule has 1 fully saturated rings. The lowest BCUT2D eigenvalue weighted by Crippen LogP contribution is -2.35. The van der Waals surface area contributed by atoms with Gasteiger partial charge in [0, 0.05) is 19.2 Å². The number of hydrogen-bond acceptors (Lipinski definition) is 8. The molecule has 2 aromatic heterocycles. The minimum Gasteiger partial charge on any atom is -0.419 e. The first-order valence-corrected chi connectivity index (χ1v) is 14.5. The van der Waals surface area contributed by atoms with Gasteiger partial charge in [0.15, 0.2) is 0 Å². The summed E-state index contributed by atoms with van der Waals surface area (Å²) >= 11 is 0. The Morgan fingerprint density at radius 2 is 1.79 bits per heavy atom. The topological polar surface area (TPSA) is 118 Å². The highest BCUT2D eigenvalue weighted by Crippen LogP contribution is 2.40. The third-order valence-electron chi connectivity index (χ3n) is 7.09. The molecule has 12 heteroatoms. The average molecular weight is 563 g/mol. The quantitative estimate of drug-likeness (QED) is 0.344. The molecule has 39 heavy (non-hydrogen) atoms. The highest BCUT2D eigenvalue weighted by Gasteiger charge is 2.36. The van der Waals surface area contributed by atoms with Gasteiger partial charge in [-0.15, -0.1) is 10.2 Å². The molecule has 1 aromatic carbocycles. The molecule has 9 nitrogen and oxygen atoms in total. The van der Waals surface area contributed by atoms with Crippen LogP contribution in [0.1, 0.15) is 45.6 Å². The zero-order chi connectivity index (χ0) is 28.5. The fraction of sp³-hybridized carbons (Fsp3) is 0.519. The average Bonchev–Trinajstić information content (AvgIpc) is 3.34. The fourth-order valence-electron chi connectivity index (χ4n) is 4.43. The van der Waals surface area contributed by atoms with Crippen LogP contribution in [0.25, 0.3) is 11.5 Å². The van der Waals surface area contributed by atoms with Crippen molar-refractivity contribution in [3.63, 3.8) is 0 Å². The molecule has 3 aromatic rings. The van der Waals surface area contributed by atoms with Crippen LogP contribution in [-0.2, 0) is 22.0 Å². The van der Waals surface area contributed by atoms with Crippen LogP contribution < -0.4 is 14.9 Å². The Morgan fingerprint density at radius 1 is 1.15 bits per heavy atom. The van der Waals surface area contributed by atoms with Crippen LogP contribution in [0.15, 0.2) is 46.9 Å². The molecular weight excluding hydrogens is 526 g/mol. The van der Waals surface area contributed by atoms with Crippen LogP contribution in [0.3, 0.4) is 0 Å². The van der Waals surface area contributed by atoms with Crippen LogP contribution in [-0.4, -0.2) is 55.4 Å². The van der Waals surface area contributed by atoms with E-state index in [9.17, 15) is 17.2 Å². The van der Waals surface area contributed by atoms with E-state index in [1.165, 1.54) is 18.0 Å². The largest absolute Gasteiger partial charge is 0.419 e. The van der Waals surface area contributed by atoms with Crippen molar-refractivity contribution in [2.45, 2.75) is 57.8 Å². The third kappa shape index (κ3) is 6.73. The number of pyridine rings is 1. The van der Waals surface area contributed by atoms with Crippen LogP contribution >= 0.6 is 0 Å². The lowest BCUT2D eigenvalue weighted by Gasteiger charge is -2.27. The van der Waals surface area contributed by atoms with Crippen molar-refractivity contribution in [2.24, 2.45) is 17.6 Å². The summed E-state index contributed by atoms with van der Waals surface area (Å²) in [5.41, 5.74) is 6.92. The van der Waals surface area contributed by atoms with E-state index in [0.29, 0.717) is 24.4 Å². The first-order chi connectivity index (χ1) is 18.3. The molecule has 0 aliphatic heterocycles.